The molecule has 4 nitrogen and oxygen atoms in total. The Kier molecular flexibility index (Phi) is 3.16. The maximum absolute atomic E-state index is 4.73. The van der Waals surface area contributed by atoms with Crippen molar-refractivity contribution in [2.75, 3.05) is 20.1 Å². The van der Waals surface area contributed by atoms with Crippen LogP contribution in [0.2, 0.25) is 0 Å². The fraction of sp³-hybridized carbons (Fsp3) is 0.769. The molecule has 0 atom stereocenters. The summed E-state index contributed by atoms with van der Waals surface area (Å²) in [6.07, 6.45) is 7.52. The normalized spacial score (nSPS) is 22.2. The summed E-state index contributed by atoms with van der Waals surface area (Å²) in [6.45, 7) is 3.23. The van der Waals surface area contributed by atoms with Crippen molar-refractivity contribution in [1.82, 2.24) is 20.0 Å². The molecule has 1 aromatic rings. The van der Waals surface area contributed by atoms with E-state index < -0.39 is 0 Å². The van der Waals surface area contributed by atoms with Crippen LogP contribution in [0.15, 0.2) is 12.3 Å². The number of likely N-dealkylation sites (N-methyl/N-ethyl adjacent to an activating group) is 1. The van der Waals surface area contributed by atoms with E-state index in [9.17, 15) is 0 Å². The van der Waals surface area contributed by atoms with E-state index in [0.717, 1.165) is 19.6 Å². The number of aromatic nitrogens is 2. The fourth-order valence-electron chi connectivity index (χ4n) is 2.80. The smallest absolute Gasteiger partial charge is 0.0764 e. The van der Waals surface area contributed by atoms with Gasteiger partial charge in [-0.05, 0) is 26.0 Å². The van der Waals surface area contributed by atoms with Gasteiger partial charge in [0.25, 0.3) is 0 Å². The van der Waals surface area contributed by atoms with Crippen LogP contribution in [-0.2, 0) is 6.54 Å². The number of hydrogen-bond donors (Lipinski definition) is 1. The van der Waals surface area contributed by atoms with Crippen LogP contribution < -0.4 is 5.32 Å². The third-order valence-corrected chi connectivity index (χ3v) is 4.16. The predicted molar refractivity (Wildman–Crippen MR) is 67.9 cm³/mol. The summed E-state index contributed by atoms with van der Waals surface area (Å²) >= 11 is 0. The molecule has 3 rings (SSSR count). The third-order valence-electron chi connectivity index (χ3n) is 4.16. The molecule has 2 fully saturated rings. The molecule has 1 aromatic heterocycles. The van der Waals surface area contributed by atoms with Gasteiger partial charge in [-0.25, -0.2) is 0 Å². The first-order chi connectivity index (χ1) is 8.33. The topological polar surface area (TPSA) is 33.1 Å². The van der Waals surface area contributed by atoms with Gasteiger partial charge in [0.15, 0.2) is 0 Å². The van der Waals surface area contributed by atoms with Crippen molar-refractivity contribution in [2.24, 2.45) is 0 Å². The van der Waals surface area contributed by atoms with Crippen molar-refractivity contribution >= 4 is 0 Å². The van der Waals surface area contributed by atoms with Crippen molar-refractivity contribution in [3.63, 3.8) is 0 Å². The van der Waals surface area contributed by atoms with Crippen molar-refractivity contribution in [3.8, 4) is 0 Å². The summed E-state index contributed by atoms with van der Waals surface area (Å²) in [6, 6.07) is 3.55. The van der Waals surface area contributed by atoms with Crippen LogP contribution in [0.3, 0.4) is 0 Å². The van der Waals surface area contributed by atoms with Crippen LogP contribution in [0.4, 0.5) is 0 Å². The lowest BCUT2D eigenvalue weighted by Gasteiger charge is -2.35. The minimum atomic E-state index is 0.666. The zero-order valence-corrected chi connectivity index (χ0v) is 10.6. The Morgan fingerprint density at radius 1 is 1.41 bits per heavy atom. The molecular formula is C13H22N4. The second kappa shape index (κ2) is 4.78. The summed E-state index contributed by atoms with van der Waals surface area (Å²) in [4.78, 5) is 2.40. The highest BCUT2D eigenvalue weighted by atomic mass is 15.3. The second-order valence-corrected chi connectivity index (χ2v) is 5.45. The molecule has 1 saturated heterocycles. The Morgan fingerprint density at radius 3 is 2.82 bits per heavy atom. The van der Waals surface area contributed by atoms with Gasteiger partial charge in [0.05, 0.1) is 11.7 Å². The van der Waals surface area contributed by atoms with Gasteiger partial charge in [0, 0.05) is 31.9 Å². The second-order valence-electron chi connectivity index (χ2n) is 5.45. The average molecular weight is 234 g/mol. The van der Waals surface area contributed by atoms with Gasteiger partial charge in [-0.15, -0.1) is 0 Å². The van der Waals surface area contributed by atoms with Gasteiger partial charge in [-0.2, -0.15) is 5.10 Å². The summed E-state index contributed by atoms with van der Waals surface area (Å²) in [5.74, 6) is 0. The van der Waals surface area contributed by atoms with Crippen LogP contribution in [0.5, 0.6) is 0 Å². The predicted octanol–water partition coefficient (Wildman–Crippen LogP) is 1.40. The van der Waals surface area contributed by atoms with Gasteiger partial charge >= 0.3 is 0 Å². The summed E-state index contributed by atoms with van der Waals surface area (Å²) in [7, 11) is 2.19. The average Bonchev–Trinajstić information content (AvgIpc) is 2.82. The van der Waals surface area contributed by atoms with Gasteiger partial charge < -0.3 is 5.32 Å². The van der Waals surface area contributed by atoms with Crippen LogP contribution in [0.1, 0.15) is 37.4 Å². The summed E-state index contributed by atoms with van der Waals surface area (Å²) in [5, 5.41) is 8.04. The van der Waals surface area contributed by atoms with E-state index in [1.54, 1.807) is 0 Å². The maximum Gasteiger partial charge on any atom is 0.0764 e. The first kappa shape index (κ1) is 11.2. The zero-order chi connectivity index (χ0) is 11.7. The first-order valence-corrected chi connectivity index (χ1v) is 6.78. The van der Waals surface area contributed by atoms with E-state index >= 15 is 0 Å². The lowest BCUT2D eigenvalue weighted by atomic mass is 10.1. The van der Waals surface area contributed by atoms with Gasteiger partial charge in [-0.1, -0.05) is 12.8 Å². The number of hydrogen-bond acceptors (Lipinski definition) is 3. The van der Waals surface area contributed by atoms with E-state index in [1.165, 1.54) is 31.4 Å². The molecule has 0 bridgehead atoms. The van der Waals surface area contributed by atoms with E-state index in [0.29, 0.717) is 12.1 Å². The molecule has 0 unspecified atom stereocenters. The molecule has 0 radical (unpaired) electrons. The largest absolute Gasteiger partial charge is 0.314 e. The summed E-state index contributed by atoms with van der Waals surface area (Å²) < 4.78 is 2.19. The highest BCUT2D eigenvalue weighted by molar-refractivity contribution is 5.01. The lowest BCUT2D eigenvalue weighted by molar-refractivity contribution is 0.171. The van der Waals surface area contributed by atoms with Gasteiger partial charge in [0.2, 0.25) is 0 Å². The van der Waals surface area contributed by atoms with E-state index in [1.807, 2.05) is 0 Å². The Labute approximate surface area is 103 Å². The first-order valence-electron chi connectivity index (χ1n) is 6.78. The highest BCUT2D eigenvalue weighted by Crippen LogP contribution is 2.28. The molecule has 0 spiro atoms. The Balaban J connectivity index is 1.59. The standard InChI is InChI=1S/C13H22N4/c1-16(13-8-14-9-13)10-11-6-7-17(15-11)12-4-2-3-5-12/h6-7,12-14H,2-5,8-10H2,1H3. The molecule has 94 valence electrons. The number of nitrogens with one attached hydrogen (secondary N) is 1. The molecule has 0 amide bonds. The maximum atomic E-state index is 4.73. The molecule has 1 aliphatic heterocycles. The third kappa shape index (κ3) is 2.38. The quantitative estimate of drug-likeness (QED) is 0.855. The van der Waals surface area contributed by atoms with Crippen molar-refractivity contribution in [2.45, 2.75) is 44.3 Å². The molecule has 2 heterocycles. The van der Waals surface area contributed by atoms with Crippen molar-refractivity contribution in [3.05, 3.63) is 18.0 Å². The van der Waals surface area contributed by atoms with Crippen LogP contribution in [-0.4, -0.2) is 40.9 Å². The fourth-order valence-corrected chi connectivity index (χ4v) is 2.80. The van der Waals surface area contributed by atoms with Gasteiger partial charge in [-0.3, -0.25) is 9.58 Å². The van der Waals surface area contributed by atoms with Crippen molar-refractivity contribution in [1.29, 1.82) is 0 Å². The minimum absolute atomic E-state index is 0.666. The van der Waals surface area contributed by atoms with E-state index in [2.05, 4.69) is 34.2 Å². The van der Waals surface area contributed by atoms with Crippen molar-refractivity contribution < 1.29 is 0 Å². The van der Waals surface area contributed by atoms with Gasteiger partial charge in [0.1, 0.15) is 0 Å². The zero-order valence-electron chi connectivity index (χ0n) is 10.6. The van der Waals surface area contributed by atoms with Crippen LogP contribution in [0, 0.1) is 0 Å². The Morgan fingerprint density at radius 2 is 2.18 bits per heavy atom. The van der Waals surface area contributed by atoms with E-state index in [4.69, 9.17) is 5.10 Å². The Hall–Kier alpha value is -0.870. The van der Waals surface area contributed by atoms with E-state index in [-0.39, 0.29) is 0 Å². The molecule has 1 saturated carbocycles. The molecule has 17 heavy (non-hydrogen) atoms. The molecule has 2 aliphatic rings. The number of rotatable bonds is 4. The molecule has 0 aromatic carbocycles. The minimum Gasteiger partial charge on any atom is -0.314 e. The van der Waals surface area contributed by atoms with Crippen LogP contribution in [0.25, 0.3) is 0 Å². The molecule has 1 aliphatic carbocycles. The SMILES string of the molecule is CN(Cc1ccn(C2CCCC2)n1)C1CNC1. The molecule has 4 heteroatoms. The van der Waals surface area contributed by atoms with Crippen LogP contribution >= 0.6 is 0 Å². The lowest BCUT2D eigenvalue weighted by Crippen LogP contribution is -2.55. The highest BCUT2D eigenvalue weighted by Gasteiger charge is 2.22. The molecule has 1 N–H and O–H groups in total. The summed E-state index contributed by atoms with van der Waals surface area (Å²) in [5.41, 5.74) is 1.21. The Bertz CT molecular complexity index is 363. The number of nitrogens with zero attached hydrogens (tertiary/aromatic N) is 3. The molecular weight excluding hydrogens is 212 g/mol. The monoisotopic (exact) mass is 234 g/mol.